The van der Waals surface area contributed by atoms with Crippen molar-refractivity contribution in [3.63, 3.8) is 0 Å². The van der Waals surface area contributed by atoms with Gasteiger partial charge in [-0.3, -0.25) is 4.79 Å². The number of methoxy groups -OCH3 is 1. The Morgan fingerprint density at radius 3 is 2.60 bits per heavy atom. The summed E-state index contributed by atoms with van der Waals surface area (Å²) in [6, 6.07) is 5.87. The van der Waals surface area contributed by atoms with Gasteiger partial charge in [-0.15, -0.1) is 0 Å². The minimum Gasteiger partial charge on any atom is -0.493 e. The minimum absolute atomic E-state index is 0.251. The average Bonchev–Trinajstić information content (AvgIpc) is 2.23. The van der Waals surface area contributed by atoms with Crippen LogP contribution in [0.3, 0.4) is 0 Å². The van der Waals surface area contributed by atoms with E-state index in [-0.39, 0.29) is 12.4 Å². The van der Waals surface area contributed by atoms with Crippen molar-refractivity contribution in [3.8, 4) is 5.75 Å². The molecule has 0 amide bonds. The molecule has 0 N–H and O–H groups in total. The maximum absolute atomic E-state index is 10.8. The Kier molecular flexibility index (Phi) is 4.16. The third-order valence-electron chi connectivity index (χ3n) is 2.28. The molecule has 0 saturated carbocycles. The fraction of sp³-hybridized carbons (Fsp3) is 0.417. The second-order valence-electron chi connectivity index (χ2n) is 3.42. The molecule has 0 aliphatic carbocycles. The predicted octanol–water partition coefficient (Wildman–Crippen LogP) is 2.25. The van der Waals surface area contributed by atoms with E-state index >= 15 is 0 Å². The van der Waals surface area contributed by atoms with Crippen LogP contribution in [0.2, 0.25) is 0 Å². The lowest BCUT2D eigenvalue weighted by Crippen LogP contribution is -2.07. The Bertz CT molecular complexity index is 345. The first-order valence-corrected chi connectivity index (χ1v) is 4.90. The van der Waals surface area contributed by atoms with Crippen LogP contribution in [0.15, 0.2) is 18.2 Å². The maximum atomic E-state index is 10.8. The summed E-state index contributed by atoms with van der Waals surface area (Å²) >= 11 is 0. The quantitative estimate of drug-likeness (QED) is 0.712. The first-order chi connectivity index (χ1) is 7.13. The van der Waals surface area contributed by atoms with E-state index in [1.807, 2.05) is 32.0 Å². The first kappa shape index (κ1) is 11.6. The van der Waals surface area contributed by atoms with Gasteiger partial charge >= 0.3 is 5.97 Å². The molecule has 0 spiro atoms. The largest absolute Gasteiger partial charge is 0.493 e. The summed E-state index contributed by atoms with van der Waals surface area (Å²) < 4.78 is 9.93. The summed E-state index contributed by atoms with van der Waals surface area (Å²) in [6.07, 6.45) is 0.281. The smallest absolute Gasteiger partial charge is 0.308 e. The molecule has 15 heavy (non-hydrogen) atoms. The number of benzene rings is 1. The molecule has 1 aromatic carbocycles. The number of aryl methyl sites for hydroxylation is 2. The standard InChI is InChI=1S/C12H16O3/c1-9-4-5-11(8-10(9)2)15-7-6-12(13)14-3/h4-5,8H,6-7H2,1-3H3. The van der Waals surface area contributed by atoms with Crippen molar-refractivity contribution in [2.24, 2.45) is 0 Å². The zero-order valence-corrected chi connectivity index (χ0v) is 9.37. The van der Waals surface area contributed by atoms with Crippen molar-refractivity contribution in [2.45, 2.75) is 20.3 Å². The van der Waals surface area contributed by atoms with E-state index in [2.05, 4.69) is 4.74 Å². The van der Waals surface area contributed by atoms with E-state index in [0.29, 0.717) is 6.61 Å². The number of hydrogen-bond acceptors (Lipinski definition) is 3. The molecule has 3 heteroatoms. The Labute approximate surface area is 90.0 Å². The summed E-state index contributed by atoms with van der Waals surface area (Å²) in [4.78, 5) is 10.8. The van der Waals surface area contributed by atoms with Crippen molar-refractivity contribution in [3.05, 3.63) is 29.3 Å². The maximum Gasteiger partial charge on any atom is 0.308 e. The van der Waals surface area contributed by atoms with Crippen molar-refractivity contribution < 1.29 is 14.3 Å². The van der Waals surface area contributed by atoms with Crippen molar-refractivity contribution in [1.82, 2.24) is 0 Å². The first-order valence-electron chi connectivity index (χ1n) is 4.90. The van der Waals surface area contributed by atoms with Gasteiger partial charge in [-0.2, -0.15) is 0 Å². The minimum atomic E-state index is -0.251. The number of esters is 1. The molecular formula is C12H16O3. The molecule has 0 aromatic heterocycles. The molecule has 82 valence electrons. The molecule has 0 saturated heterocycles. The molecule has 0 unspecified atom stereocenters. The third-order valence-corrected chi connectivity index (χ3v) is 2.28. The van der Waals surface area contributed by atoms with E-state index in [1.165, 1.54) is 18.2 Å². The normalized spacial score (nSPS) is 9.80. The van der Waals surface area contributed by atoms with Gasteiger partial charge in [-0.1, -0.05) is 6.07 Å². The molecule has 0 aliphatic rings. The lowest BCUT2D eigenvalue weighted by Gasteiger charge is -2.07. The van der Waals surface area contributed by atoms with Crippen LogP contribution in [-0.2, 0) is 9.53 Å². The van der Waals surface area contributed by atoms with Gasteiger partial charge in [-0.05, 0) is 37.1 Å². The Balaban J connectivity index is 2.44. The van der Waals surface area contributed by atoms with Crippen LogP contribution in [0.4, 0.5) is 0 Å². The van der Waals surface area contributed by atoms with Gasteiger partial charge in [0.05, 0.1) is 20.1 Å². The molecular weight excluding hydrogens is 192 g/mol. The highest BCUT2D eigenvalue weighted by molar-refractivity contribution is 5.69. The van der Waals surface area contributed by atoms with Gasteiger partial charge in [0.2, 0.25) is 0 Å². The lowest BCUT2D eigenvalue weighted by molar-refractivity contribution is -0.141. The van der Waals surface area contributed by atoms with E-state index in [0.717, 1.165) is 5.75 Å². The highest BCUT2D eigenvalue weighted by Crippen LogP contribution is 2.16. The average molecular weight is 208 g/mol. The van der Waals surface area contributed by atoms with Crippen LogP contribution in [0.25, 0.3) is 0 Å². The number of ether oxygens (including phenoxy) is 2. The summed E-state index contributed by atoms with van der Waals surface area (Å²) in [5.74, 6) is 0.542. The molecule has 3 nitrogen and oxygen atoms in total. The molecule has 0 bridgehead atoms. The van der Waals surface area contributed by atoms with Gasteiger partial charge in [0.1, 0.15) is 5.75 Å². The van der Waals surface area contributed by atoms with Crippen molar-refractivity contribution in [1.29, 1.82) is 0 Å². The summed E-state index contributed by atoms with van der Waals surface area (Å²) in [5.41, 5.74) is 2.42. The highest BCUT2D eigenvalue weighted by atomic mass is 16.5. The van der Waals surface area contributed by atoms with Crippen LogP contribution in [0, 0.1) is 13.8 Å². The third kappa shape index (κ3) is 3.62. The van der Waals surface area contributed by atoms with Gasteiger partial charge in [0.15, 0.2) is 0 Å². The van der Waals surface area contributed by atoms with Gasteiger partial charge in [-0.25, -0.2) is 0 Å². The van der Waals surface area contributed by atoms with Gasteiger partial charge in [0, 0.05) is 0 Å². The van der Waals surface area contributed by atoms with Crippen molar-refractivity contribution >= 4 is 5.97 Å². The lowest BCUT2D eigenvalue weighted by atomic mass is 10.1. The summed E-state index contributed by atoms with van der Waals surface area (Å²) in [5, 5.41) is 0. The van der Waals surface area contributed by atoms with E-state index in [4.69, 9.17) is 4.74 Å². The van der Waals surface area contributed by atoms with Crippen LogP contribution in [0.5, 0.6) is 5.75 Å². The molecule has 1 rings (SSSR count). The van der Waals surface area contributed by atoms with Crippen LogP contribution >= 0.6 is 0 Å². The van der Waals surface area contributed by atoms with Gasteiger partial charge in [0.25, 0.3) is 0 Å². The summed E-state index contributed by atoms with van der Waals surface area (Å²) in [6.45, 7) is 4.44. The number of hydrogen-bond donors (Lipinski definition) is 0. The second-order valence-corrected chi connectivity index (χ2v) is 3.42. The number of rotatable bonds is 4. The molecule has 0 radical (unpaired) electrons. The molecule has 0 fully saturated rings. The van der Waals surface area contributed by atoms with E-state index in [1.54, 1.807) is 0 Å². The zero-order valence-electron chi connectivity index (χ0n) is 9.37. The van der Waals surface area contributed by atoms with Crippen LogP contribution in [-0.4, -0.2) is 19.7 Å². The van der Waals surface area contributed by atoms with E-state index in [9.17, 15) is 4.79 Å². The van der Waals surface area contributed by atoms with E-state index < -0.39 is 0 Å². The Morgan fingerprint density at radius 2 is 2.00 bits per heavy atom. The van der Waals surface area contributed by atoms with Crippen LogP contribution in [0.1, 0.15) is 17.5 Å². The zero-order chi connectivity index (χ0) is 11.3. The van der Waals surface area contributed by atoms with Crippen molar-refractivity contribution in [2.75, 3.05) is 13.7 Å². The fourth-order valence-electron chi connectivity index (χ4n) is 1.16. The molecule has 0 atom stereocenters. The molecule has 0 aliphatic heterocycles. The summed E-state index contributed by atoms with van der Waals surface area (Å²) in [7, 11) is 1.37. The highest BCUT2D eigenvalue weighted by Gasteiger charge is 2.01. The Morgan fingerprint density at radius 1 is 1.27 bits per heavy atom. The Hall–Kier alpha value is -1.51. The van der Waals surface area contributed by atoms with Crippen LogP contribution < -0.4 is 4.74 Å². The SMILES string of the molecule is COC(=O)CCOc1ccc(C)c(C)c1. The molecule has 0 heterocycles. The number of carbonyl (C=O) groups excluding carboxylic acids is 1. The number of carbonyl (C=O) groups is 1. The second kappa shape index (κ2) is 5.39. The molecule has 1 aromatic rings. The fourth-order valence-corrected chi connectivity index (χ4v) is 1.16. The topological polar surface area (TPSA) is 35.5 Å². The monoisotopic (exact) mass is 208 g/mol. The predicted molar refractivity (Wildman–Crippen MR) is 58.0 cm³/mol. The van der Waals surface area contributed by atoms with Gasteiger partial charge < -0.3 is 9.47 Å².